The number of carbonyl (C=O) groups is 1. The molecule has 0 amide bonds. The number of carboxylic acid groups (broad SMARTS) is 1. The molecule has 9 heteroatoms. The van der Waals surface area contributed by atoms with E-state index in [9.17, 15) is 9.90 Å². The highest BCUT2D eigenvalue weighted by Crippen LogP contribution is 2.43. The number of nitrogens with two attached hydrogens (primary N) is 1. The summed E-state index contributed by atoms with van der Waals surface area (Å²) in [6, 6.07) is 5.03. The van der Waals surface area contributed by atoms with Crippen LogP contribution in [-0.4, -0.2) is 46.8 Å². The molecular formula is C20H22Cl2N4O3. The van der Waals surface area contributed by atoms with E-state index in [2.05, 4.69) is 16.9 Å². The molecule has 4 rings (SSSR count). The van der Waals surface area contributed by atoms with E-state index >= 15 is 0 Å². The Hall–Kier alpha value is -2.09. The number of nitrogens with zero attached hydrogens (tertiary/aromatic N) is 3. The highest BCUT2D eigenvalue weighted by molar-refractivity contribution is 6.43. The minimum Gasteiger partial charge on any atom is -0.476 e. The minimum absolute atomic E-state index is 0.118. The lowest BCUT2D eigenvalue weighted by atomic mass is 9.77. The number of hydrogen-bond donors (Lipinski definition) is 2. The van der Waals surface area contributed by atoms with Crippen molar-refractivity contribution in [2.75, 3.05) is 30.3 Å². The van der Waals surface area contributed by atoms with Gasteiger partial charge in [0.2, 0.25) is 0 Å². The minimum atomic E-state index is -1.16. The second-order valence-electron chi connectivity index (χ2n) is 7.85. The predicted octanol–water partition coefficient (Wildman–Crippen LogP) is 4.13. The van der Waals surface area contributed by atoms with Crippen LogP contribution in [0.2, 0.25) is 10.0 Å². The average Bonchev–Trinajstić information content (AvgIpc) is 3.04. The molecular weight excluding hydrogens is 415 g/mol. The number of aromatic nitrogens is 2. The number of halogens is 2. The van der Waals surface area contributed by atoms with E-state index in [-0.39, 0.29) is 33.7 Å². The van der Waals surface area contributed by atoms with E-state index < -0.39 is 5.97 Å². The van der Waals surface area contributed by atoms with Crippen LogP contribution in [0.4, 0.5) is 11.6 Å². The number of hydrogen-bond acceptors (Lipinski definition) is 6. The molecule has 2 aliphatic heterocycles. The van der Waals surface area contributed by atoms with Crippen molar-refractivity contribution in [3.63, 3.8) is 0 Å². The van der Waals surface area contributed by atoms with Crippen molar-refractivity contribution in [3.05, 3.63) is 33.9 Å². The summed E-state index contributed by atoms with van der Waals surface area (Å²) in [7, 11) is 0. The second-order valence-corrected chi connectivity index (χ2v) is 8.63. The van der Waals surface area contributed by atoms with Gasteiger partial charge in [-0.2, -0.15) is 0 Å². The molecule has 0 aliphatic carbocycles. The molecule has 0 unspecified atom stereocenters. The van der Waals surface area contributed by atoms with Crippen molar-refractivity contribution >= 4 is 40.8 Å². The summed E-state index contributed by atoms with van der Waals surface area (Å²) in [4.78, 5) is 22.6. The third-order valence-electron chi connectivity index (χ3n) is 5.83. The maximum atomic E-state index is 12.0. The lowest BCUT2D eigenvalue weighted by Gasteiger charge is -2.39. The van der Waals surface area contributed by atoms with Gasteiger partial charge < -0.3 is 20.5 Å². The Bertz CT molecular complexity index is 961. The molecule has 1 aromatic heterocycles. The fourth-order valence-corrected chi connectivity index (χ4v) is 4.67. The number of benzene rings is 1. The summed E-state index contributed by atoms with van der Waals surface area (Å²) in [5.41, 5.74) is 6.86. The number of aromatic carboxylic acids is 1. The van der Waals surface area contributed by atoms with Gasteiger partial charge in [-0.25, -0.2) is 14.8 Å². The summed E-state index contributed by atoms with van der Waals surface area (Å²) in [6.07, 6.45) is 3.14. The SMILES string of the molecule is C[C@H]1CC2(CCN(c3nc(N)c(-c4cccc(Cl)c4Cl)nc3C(=O)O)CC2)CO1. The summed E-state index contributed by atoms with van der Waals surface area (Å²) >= 11 is 12.4. The van der Waals surface area contributed by atoms with Crippen LogP contribution in [0.25, 0.3) is 11.3 Å². The fraction of sp³-hybridized carbons (Fsp3) is 0.450. The van der Waals surface area contributed by atoms with Gasteiger partial charge in [-0.05, 0) is 37.7 Å². The molecule has 0 radical (unpaired) electrons. The van der Waals surface area contributed by atoms with E-state index in [0.29, 0.717) is 29.5 Å². The Balaban J connectivity index is 1.67. The number of nitrogen functional groups attached to an aromatic ring is 1. The largest absolute Gasteiger partial charge is 0.476 e. The van der Waals surface area contributed by atoms with Gasteiger partial charge in [-0.1, -0.05) is 35.3 Å². The van der Waals surface area contributed by atoms with Crippen molar-refractivity contribution in [3.8, 4) is 11.3 Å². The first-order valence-electron chi connectivity index (χ1n) is 9.51. The fourth-order valence-electron chi connectivity index (χ4n) is 4.28. The lowest BCUT2D eigenvalue weighted by molar-refractivity contribution is 0.0690. The van der Waals surface area contributed by atoms with Crippen molar-refractivity contribution in [1.82, 2.24) is 9.97 Å². The van der Waals surface area contributed by atoms with Crippen LogP contribution < -0.4 is 10.6 Å². The highest BCUT2D eigenvalue weighted by atomic mass is 35.5. The molecule has 2 fully saturated rings. The number of piperidine rings is 1. The number of carboxylic acids is 1. The molecule has 1 atom stereocenters. The van der Waals surface area contributed by atoms with Crippen LogP contribution in [0.15, 0.2) is 18.2 Å². The van der Waals surface area contributed by atoms with Gasteiger partial charge in [0.25, 0.3) is 0 Å². The molecule has 1 aromatic carbocycles. The zero-order valence-electron chi connectivity index (χ0n) is 16.0. The Morgan fingerprint density at radius 1 is 1.31 bits per heavy atom. The molecule has 2 saturated heterocycles. The van der Waals surface area contributed by atoms with Gasteiger partial charge in [0.15, 0.2) is 17.3 Å². The van der Waals surface area contributed by atoms with Crippen LogP contribution in [0, 0.1) is 5.41 Å². The molecule has 0 bridgehead atoms. The van der Waals surface area contributed by atoms with Crippen LogP contribution in [0.3, 0.4) is 0 Å². The summed E-state index contributed by atoms with van der Waals surface area (Å²) in [5.74, 6) is -0.754. The third kappa shape index (κ3) is 3.74. The molecule has 2 aliphatic rings. The number of ether oxygens (including phenoxy) is 1. The molecule has 3 N–H and O–H groups in total. The second kappa shape index (κ2) is 7.63. The van der Waals surface area contributed by atoms with Crippen molar-refractivity contribution in [2.45, 2.75) is 32.3 Å². The van der Waals surface area contributed by atoms with Crippen LogP contribution in [0.1, 0.15) is 36.7 Å². The van der Waals surface area contributed by atoms with Gasteiger partial charge in [-0.3, -0.25) is 0 Å². The number of rotatable bonds is 3. The Kier molecular flexibility index (Phi) is 5.31. The van der Waals surface area contributed by atoms with Crippen LogP contribution >= 0.6 is 23.2 Å². The van der Waals surface area contributed by atoms with E-state index in [4.69, 9.17) is 33.7 Å². The molecule has 0 saturated carbocycles. The van der Waals surface area contributed by atoms with E-state index in [0.717, 1.165) is 25.9 Å². The van der Waals surface area contributed by atoms with Gasteiger partial charge >= 0.3 is 5.97 Å². The molecule has 2 aromatic rings. The maximum absolute atomic E-state index is 12.0. The maximum Gasteiger partial charge on any atom is 0.358 e. The van der Waals surface area contributed by atoms with E-state index in [1.54, 1.807) is 18.2 Å². The van der Waals surface area contributed by atoms with Gasteiger partial charge in [0.05, 0.1) is 22.8 Å². The first-order chi connectivity index (χ1) is 13.8. The molecule has 154 valence electrons. The Labute approximate surface area is 178 Å². The first-order valence-corrected chi connectivity index (χ1v) is 10.3. The van der Waals surface area contributed by atoms with E-state index in [1.165, 1.54) is 0 Å². The van der Waals surface area contributed by atoms with Crippen molar-refractivity contribution in [2.24, 2.45) is 5.41 Å². The van der Waals surface area contributed by atoms with Crippen molar-refractivity contribution < 1.29 is 14.6 Å². The molecule has 29 heavy (non-hydrogen) atoms. The van der Waals surface area contributed by atoms with Crippen LogP contribution in [-0.2, 0) is 4.74 Å². The van der Waals surface area contributed by atoms with Crippen LogP contribution in [0.5, 0.6) is 0 Å². The summed E-state index contributed by atoms with van der Waals surface area (Å²) < 4.78 is 5.77. The normalized spacial score (nSPS) is 20.9. The zero-order chi connectivity index (χ0) is 20.8. The van der Waals surface area contributed by atoms with Gasteiger partial charge in [-0.15, -0.1) is 0 Å². The topological polar surface area (TPSA) is 102 Å². The Morgan fingerprint density at radius 2 is 2.03 bits per heavy atom. The molecule has 3 heterocycles. The smallest absolute Gasteiger partial charge is 0.358 e. The zero-order valence-corrected chi connectivity index (χ0v) is 17.5. The van der Waals surface area contributed by atoms with Crippen molar-refractivity contribution in [1.29, 1.82) is 0 Å². The quantitative estimate of drug-likeness (QED) is 0.745. The van der Waals surface area contributed by atoms with Gasteiger partial charge in [0.1, 0.15) is 5.69 Å². The first kappa shape index (κ1) is 20.2. The summed E-state index contributed by atoms with van der Waals surface area (Å²) in [6.45, 7) is 4.22. The predicted molar refractivity (Wildman–Crippen MR) is 113 cm³/mol. The lowest BCUT2D eigenvalue weighted by Crippen LogP contribution is -2.41. The average molecular weight is 437 g/mol. The third-order valence-corrected chi connectivity index (χ3v) is 6.65. The Morgan fingerprint density at radius 3 is 2.66 bits per heavy atom. The monoisotopic (exact) mass is 436 g/mol. The number of anilines is 2. The van der Waals surface area contributed by atoms with E-state index in [1.807, 2.05) is 4.90 Å². The summed E-state index contributed by atoms with van der Waals surface area (Å²) in [5, 5.41) is 10.4. The molecule has 1 spiro atoms. The van der Waals surface area contributed by atoms with Gasteiger partial charge in [0, 0.05) is 18.7 Å². The standard InChI is InChI=1S/C20H22Cl2N4O3/c1-11-9-20(10-29-11)5-7-26(8-6-20)18-16(19(27)28)24-15(17(23)25-18)12-3-2-4-13(21)14(12)22/h2-4,11H,5-10H2,1H3,(H2,23,25)(H,27,28)/t11-/m0/s1. The highest BCUT2D eigenvalue weighted by Gasteiger charge is 2.41. The molecule has 7 nitrogen and oxygen atoms in total.